The zero-order valence-electron chi connectivity index (χ0n) is 21.4. The molecule has 1 amide bonds. The van der Waals surface area contributed by atoms with Crippen molar-refractivity contribution >= 4 is 11.5 Å². The number of ether oxygens (including phenoxy) is 1. The predicted molar refractivity (Wildman–Crippen MR) is 148 cm³/mol. The van der Waals surface area contributed by atoms with E-state index in [1.54, 1.807) is 18.2 Å². The summed E-state index contributed by atoms with van der Waals surface area (Å²) in [6.45, 7) is 5.95. The van der Waals surface area contributed by atoms with Crippen molar-refractivity contribution in [3.8, 4) is 17.6 Å². The maximum Gasteiger partial charge on any atom is 0.255 e. The summed E-state index contributed by atoms with van der Waals surface area (Å²) in [7, 11) is 0. The largest absolute Gasteiger partial charge is 0.457 e. The predicted octanol–water partition coefficient (Wildman–Crippen LogP) is 7.78. The topological polar surface area (TPSA) is 62.1 Å². The van der Waals surface area contributed by atoms with Crippen molar-refractivity contribution in [1.82, 2.24) is 5.32 Å². The van der Waals surface area contributed by atoms with Gasteiger partial charge in [-0.3, -0.25) is 4.79 Å². The number of allylic oxidation sites excluding steroid dienone is 2. The number of amides is 1. The molecule has 37 heavy (non-hydrogen) atoms. The third-order valence-corrected chi connectivity index (χ3v) is 5.92. The van der Waals surface area contributed by atoms with Crippen LogP contribution in [0.1, 0.15) is 47.8 Å². The quantitative estimate of drug-likeness (QED) is 0.271. The van der Waals surface area contributed by atoms with E-state index in [9.17, 15) is 10.1 Å². The molecule has 4 aromatic carbocycles. The molecular weight excluding hydrogens is 456 g/mol. The zero-order valence-corrected chi connectivity index (χ0v) is 21.4. The molecule has 4 heteroatoms. The molecule has 1 N–H and O–H groups in total. The van der Waals surface area contributed by atoms with Gasteiger partial charge in [0.05, 0.1) is 5.57 Å². The molecule has 0 aromatic heterocycles. The fourth-order valence-electron chi connectivity index (χ4n) is 4.02. The maximum atomic E-state index is 13.3. The first-order valence-electron chi connectivity index (χ1n) is 12.3. The van der Waals surface area contributed by atoms with Gasteiger partial charge < -0.3 is 10.1 Å². The van der Waals surface area contributed by atoms with Crippen LogP contribution in [0.4, 0.5) is 0 Å². The van der Waals surface area contributed by atoms with Crippen LogP contribution in [-0.4, -0.2) is 5.91 Å². The third-order valence-electron chi connectivity index (χ3n) is 5.92. The second-order valence-corrected chi connectivity index (χ2v) is 9.87. The van der Waals surface area contributed by atoms with Gasteiger partial charge in [0.15, 0.2) is 0 Å². The normalized spacial score (nSPS) is 11.7. The van der Waals surface area contributed by atoms with E-state index in [4.69, 9.17) is 4.74 Å². The van der Waals surface area contributed by atoms with Crippen LogP contribution in [0.15, 0.2) is 115 Å². The lowest BCUT2D eigenvalue weighted by Gasteiger charge is -2.25. The van der Waals surface area contributed by atoms with Crippen LogP contribution in [0.3, 0.4) is 0 Å². The van der Waals surface area contributed by atoms with E-state index in [0.717, 1.165) is 17.5 Å². The number of para-hydroxylation sites is 1. The lowest BCUT2D eigenvalue weighted by atomic mass is 9.86. The van der Waals surface area contributed by atoms with Crippen molar-refractivity contribution < 1.29 is 9.53 Å². The van der Waals surface area contributed by atoms with Crippen molar-refractivity contribution in [2.24, 2.45) is 5.41 Å². The highest BCUT2D eigenvalue weighted by Gasteiger charge is 2.25. The molecule has 4 aromatic rings. The second kappa shape index (κ2) is 11.4. The standard InChI is InChI=1S/C33H30N2O2/c1-33(2,3)31(30(23-34)26-19-17-25(18-20-26)21-24-11-6-4-7-12-24)35-32(36)27-13-10-16-29(22-27)37-28-14-8-5-9-15-28/h4-20,22H,21H2,1-3H3,(H,35,36)/b31-30-. The van der Waals surface area contributed by atoms with Gasteiger partial charge in [-0.2, -0.15) is 5.26 Å². The summed E-state index contributed by atoms with van der Waals surface area (Å²) in [4.78, 5) is 13.3. The first-order chi connectivity index (χ1) is 17.8. The number of hydrogen-bond acceptors (Lipinski definition) is 3. The molecule has 0 bridgehead atoms. The summed E-state index contributed by atoms with van der Waals surface area (Å²) in [6.07, 6.45) is 0.816. The van der Waals surface area contributed by atoms with Crippen molar-refractivity contribution in [2.75, 3.05) is 0 Å². The summed E-state index contributed by atoms with van der Waals surface area (Å²) in [5.41, 5.74) is 4.16. The fraction of sp³-hybridized carbons (Fsp3) is 0.152. The minimum Gasteiger partial charge on any atom is -0.457 e. The Bertz CT molecular complexity index is 1430. The summed E-state index contributed by atoms with van der Waals surface area (Å²) in [5, 5.41) is 13.2. The van der Waals surface area contributed by atoms with Crippen LogP contribution in [0.2, 0.25) is 0 Å². The van der Waals surface area contributed by atoms with Gasteiger partial charge in [0.25, 0.3) is 5.91 Å². The minimum absolute atomic E-state index is 0.295. The van der Waals surface area contributed by atoms with E-state index in [1.807, 2.05) is 99.6 Å². The molecule has 0 aliphatic rings. The van der Waals surface area contributed by atoms with Gasteiger partial charge >= 0.3 is 0 Å². The van der Waals surface area contributed by atoms with Gasteiger partial charge in [0, 0.05) is 16.7 Å². The fourth-order valence-corrected chi connectivity index (χ4v) is 4.02. The van der Waals surface area contributed by atoms with Gasteiger partial charge in [-0.1, -0.05) is 99.6 Å². The Morgan fingerprint density at radius 2 is 1.35 bits per heavy atom. The Kier molecular flexibility index (Phi) is 7.86. The molecule has 0 heterocycles. The number of hydrogen-bond donors (Lipinski definition) is 1. The average molecular weight is 487 g/mol. The first kappa shape index (κ1) is 25.5. The third kappa shape index (κ3) is 6.74. The Labute approximate surface area is 218 Å². The molecule has 0 spiro atoms. The van der Waals surface area contributed by atoms with Crippen LogP contribution in [0.25, 0.3) is 5.57 Å². The summed E-state index contributed by atoms with van der Waals surface area (Å²) < 4.78 is 5.89. The van der Waals surface area contributed by atoms with Crippen LogP contribution in [-0.2, 0) is 6.42 Å². The minimum atomic E-state index is -0.471. The van der Waals surface area contributed by atoms with Crippen molar-refractivity contribution in [3.63, 3.8) is 0 Å². The van der Waals surface area contributed by atoms with Crippen molar-refractivity contribution in [1.29, 1.82) is 5.26 Å². The maximum absolute atomic E-state index is 13.3. The monoisotopic (exact) mass is 486 g/mol. The highest BCUT2D eigenvalue weighted by atomic mass is 16.5. The number of carbonyl (C=O) groups is 1. The Hall–Kier alpha value is -4.62. The van der Waals surface area contributed by atoms with E-state index in [0.29, 0.717) is 28.3 Å². The summed E-state index contributed by atoms with van der Waals surface area (Å²) in [5.74, 6) is 0.962. The smallest absolute Gasteiger partial charge is 0.255 e. The van der Waals surface area contributed by atoms with Gasteiger partial charge in [-0.05, 0) is 53.4 Å². The molecule has 4 nitrogen and oxygen atoms in total. The van der Waals surface area contributed by atoms with Gasteiger partial charge in [-0.15, -0.1) is 0 Å². The molecule has 0 radical (unpaired) electrons. The number of nitriles is 1. The number of carbonyl (C=O) groups excluding carboxylic acids is 1. The zero-order chi connectivity index (χ0) is 26.3. The number of rotatable bonds is 7. The van der Waals surface area contributed by atoms with Gasteiger partial charge in [0.1, 0.15) is 17.6 Å². The number of nitrogens with zero attached hydrogens (tertiary/aromatic N) is 1. The Morgan fingerprint density at radius 1 is 0.757 bits per heavy atom. The lowest BCUT2D eigenvalue weighted by Crippen LogP contribution is -2.31. The van der Waals surface area contributed by atoms with E-state index in [-0.39, 0.29) is 5.91 Å². The molecule has 0 atom stereocenters. The molecule has 0 saturated carbocycles. The molecular formula is C33H30N2O2. The highest BCUT2D eigenvalue weighted by Crippen LogP contribution is 2.31. The van der Waals surface area contributed by atoms with E-state index in [1.165, 1.54) is 5.56 Å². The molecule has 0 fully saturated rings. The lowest BCUT2D eigenvalue weighted by molar-refractivity contribution is 0.0957. The molecule has 0 saturated heterocycles. The van der Waals surface area contributed by atoms with Crippen LogP contribution in [0, 0.1) is 16.7 Å². The number of benzene rings is 4. The van der Waals surface area contributed by atoms with Gasteiger partial charge in [-0.25, -0.2) is 0 Å². The SMILES string of the molecule is CC(C)(C)/C(NC(=O)c1cccc(Oc2ccccc2)c1)=C(\C#N)c1ccc(Cc2ccccc2)cc1. The first-order valence-corrected chi connectivity index (χ1v) is 12.3. The second-order valence-electron chi connectivity index (χ2n) is 9.87. The molecule has 184 valence electrons. The molecule has 0 unspecified atom stereocenters. The van der Waals surface area contributed by atoms with E-state index < -0.39 is 5.41 Å². The van der Waals surface area contributed by atoms with E-state index >= 15 is 0 Å². The summed E-state index contributed by atoms with van der Waals surface area (Å²) >= 11 is 0. The number of nitrogens with one attached hydrogen (secondary N) is 1. The van der Waals surface area contributed by atoms with Crippen molar-refractivity contribution in [3.05, 3.63) is 137 Å². The summed E-state index contributed by atoms with van der Waals surface area (Å²) in [6, 6.07) is 37.0. The highest BCUT2D eigenvalue weighted by molar-refractivity contribution is 5.97. The van der Waals surface area contributed by atoms with Crippen LogP contribution >= 0.6 is 0 Å². The molecule has 4 rings (SSSR count). The Morgan fingerprint density at radius 3 is 1.97 bits per heavy atom. The molecule has 0 aliphatic heterocycles. The van der Waals surface area contributed by atoms with Gasteiger partial charge in [0.2, 0.25) is 0 Å². The van der Waals surface area contributed by atoms with Crippen LogP contribution < -0.4 is 10.1 Å². The molecule has 0 aliphatic carbocycles. The van der Waals surface area contributed by atoms with Crippen molar-refractivity contribution in [2.45, 2.75) is 27.2 Å². The average Bonchev–Trinajstić information content (AvgIpc) is 2.90. The van der Waals surface area contributed by atoms with Crippen LogP contribution in [0.5, 0.6) is 11.5 Å². The Balaban J connectivity index is 1.59. The van der Waals surface area contributed by atoms with E-state index in [2.05, 4.69) is 23.5 Å².